The first-order chi connectivity index (χ1) is 9.15. The fraction of sp³-hybridized carbons (Fsp3) is 0.600. The van der Waals surface area contributed by atoms with Gasteiger partial charge in [0.2, 0.25) is 0 Å². The van der Waals surface area contributed by atoms with Crippen LogP contribution >= 0.6 is 11.6 Å². The van der Waals surface area contributed by atoms with Gasteiger partial charge in [-0.2, -0.15) is 0 Å². The van der Waals surface area contributed by atoms with E-state index in [0.717, 1.165) is 25.2 Å². The maximum atomic E-state index is 9.94. The van der Waals surface area contributed by atoms with E-state index in [1.165, 1.54) is 19.3 Å². The molecule has 106 valence electrons. The molecule has 0 radical (unpaired) electrons. The lowest BCUT2D eigenvalue weighted by atomic mass is 10.0. The van der Waals surface area contributed by atoms with Gasteiger partial charge in [0.05, 0.1) is 0 Å². The van der Waals surface area contributed by atoms with Crippen molar-refractivity contribution < 1.29 is 5.11 Å². The first kappa shape index (κ1) is 14.6. The number of hydrogen-bond donors (Lipinski definition) is 2. The molecule has 1 aliphatic rings. The molecule has 19 heavy (non-hydrogen) atoms. The summed E-state index contributed by atoms with van der Waals surface area (Å²) in [6.45, 7) is 4.62. The SMILES string of the molecule is CCN(Cc1cc(Cl)ccc1O)C1CCCC1CN. The van der Waals surface area contributed by atoms with Gasteiger partial charge in [0.15, 0.2) is 0 Å². The molecule has 4 heteroatoms. The van der Waals surface area contributed by atoms with E-state index in [2.05, 4.69) is 11.8 Å². The number of phenolic OH excluding ortho intramolecular Hbond substituents is 1. The summed E-state index contributed by atoms with van der Waals surface area (Å²) in [6.07, 6.45) is 3.68. The Kier molecular flexibility index (Phi) is 5.08. The van der Waals surface area contributed by atoms with Gasteiger partial charge in [-0.05, 0) is 50.0 Å². The number of phenols is 1. The van der Waals surface area contributed by atoms with Crippen LogP contribution in [0.3, 0.4) is 0 Å². The summed E-state index contributed by atoms with van der Waals surface area (Å²) in [5, 5.41) is 10.6. The summed E-state index contributed by atoms with van der Waals surface area (Å²) in [5.74, 6) is 0.909. The van der Waals surface area contributed by atoms with E-state index in [9.17, 15) is 5.11 Å². The highest BCUT2D eigenvalue weighted by molar-refractivity contribution is 6.30. The van der Waals surface area contributed by atoms with Crippen LogP contribution in [0, 0.1) is 5.92 Å². The average Bonchev–Trinajstić information content (AvgIpc) is 2.88. The first-order valence-corrected chi connectivity index (χ1v) is 7.45. The summed E-state index contributed by atoms with van der Waals surface area (Å²) < 4.78 is 0. The molecule has 0 saturated heterocycles. The molecular weight excluding hydrogens is 260 g/mol. The molecule has 0 amide bonds. The van der Waals surface area contributed by atoms with Crippen molar-refractivity contribution in [1.29, 1.82) is 0 Å². The Bertz CT molecular complexity index is 425. The van der Waals surface area contributed by atoms with Gasteiger partial charge in [-0.25, -0.2) is 0 Å². The molecule has 0 bridgehead atoms. The molecule has 1 saturated carbocycles. The standard InChI is InChI=1S/C15H23ClN2O/c1-2-18(14-5-3-4-11(14)9-17)10-12-8-13(16)6-7-15(12)19/h6-8,11,14,19H,2-5,9-10,17H2,1H3. The third kappa shape index (κ3) is 3.41. The smallest absolute Gasteiger partial charge is 0.120 e. The van der Waals surface area contributed by atoms with Gasteiger partial charge in [0.25, 0.3) is 0 Å². The van der Waals surface area contributed by atoms with Crippen molar-refractivity contribution in [3.05, 3.63) is 28.8 Å². The van der Waals surface area contributed by atoms with Crippen LogP contribution in [0.15, 0.2) is 18.2 Å². The predicted molar refractivity (Wildman–Crippen MR) is 79.4 cm³/mol. The summed E-state index contributed by atoms with van der Waals surface area (Å²) in [6, 6.07) is 5.77. The normalized spacial score (nSPS) is 23.2. The molecule has 1 aliphatic carbocycles. The fourth-order valence-corrected chi connectivity index (χ4v) is 3.33. The minimum atomic E-state index is 0.324. The van der Waals surface area contributed by atoms with Crippen LogP contribution in [0.2, 0.25) is 5.02 Å². The number of nitrogens with zero attached hydrogens (tertiary/aromatic N) is 1. The number of aromatic hydroxyl groups is 1. The van der Waals surface area contributed by atoms with Gasteiger partial charge in [0.1, 0.15) is 5.75 Å². The van der Waals surface area contributed by atoms with E-state index in [1.807, 2.05) is 6.07 Å². The third-order valence-corrected chi connectivity index (χ3v) is 4.45. The van der Waals surface area contributed by atoms with Gasteiger partial charge in [-0.1, -0.05) is 24.9 Å². The minimum Gasteiger partial charge on any atom is -0.508 e. The highest BCUT2D eigenvalue weighted by atomic mass is 35.5. The Hall–Kier alpha value is -0.770. The maximum absolute atomic E-state index is 9.94. The molecule has 3 N–H and O–H groups in total. The monoisotopic (exact) mass is 282 g/mol. The van der Waals surface area contributed by atoms with Crippen molar-refractivity contribution in [2.24, 2.45) is 11.7 Å². The van der Waals surface area contributed by atoms with E-state index < -0.39 is 0 Å². The second-order valence-electron chi connectivity index (χ2n) is 5.33. The van der Waals surface area contributed by atoms with Crippen LogP contribution in [0.5, 0.6) is 5.75 Å². The highest BCUT2D eigenvalue weighted by Gasteiger charge is 2.30. The largest absolute Gasteiger partial charge is 0.508 e. The zero-order valence-corrected chi connectivity index (χ0v) is 12.2. The Morgan fingerprint density at radius 3 is 2.89 bits per heavy atom. The van der Waals surface area contributed by atoms with Crippen molar-refractivity contribution in [2.45, 2.75) is 38.8 Å². The second-order valence-corrected chi connectivity index (χ2v) is 5.77. The van der Waals surface area contributed by atoms with Crippen molar-refractivity contribution in [1.82, 2.24) is 4.90 Å². The average molecular weight is 283 g/mol. The predicted octanol–water partition coefficient (Wildman–Crippen LogP) is 2.99. The Morgan fingerprint density at radius 1 is 1.42 bits per heavy atom. The lowest BCUT2D eigenvalue weighted by molar-refractivity contribution is 0.160. The minimum absolute atomic E-state index is 0.324. The topological polar surface area (TPSA) is 49.5 Å². The summed E-state index contributed by atoms with van der Waals surface area (Å²) in [5.41, 5.74) is 6.77. The van der Waals surface area contributed by atoms with Crippen molar-refractivity contribution >= 4 is 11.6 Å². The quantitative estimate of drug-likeness (QED) is 0.873. The van der Waals surface area contributed by atoms with Crippen LogP contribution in [0.1, 0.15) is 31.7 Å². The molecule has 3 nitrogen and oxygen atoms in total. The first-order valence-electron chi connectivity index (χ1n) is 7.07. The molecule has 0 aromatic heterocycles. The van der Waals surface area contributed by atoms with Gasteiger partial charge >= 0.3 is 0 Å². The van der Waals surface area contributed by atoms with Crippen molar-refractivity contribution in [2.75, 3.05) is 13.1 Å². The van der Waals surface area contributed by atoms with Crippen LogP contribution in [-0.2, 0) is 6.54 Å². The zero-order valence-electron chi connectivity index (χ0n) is 11.5. The van der Waals surface area contributed by atoms with Gasteiger partial charge in [-0.15, -0.1) is 0 Å². The molecule has 0 aliphatic heterocycles. The molecule has 0 spiro atoms. The summed E-state index contributed by atoms with van der Waals surface area (Å²) in [4.78, 5) is 2.41. The second kappa shape index (κ2) is 6.60. The number of nitrogens with two attached hydrogens (primary N) is 1. The number of hydrogen-bond acceptors (Lipinski definition) is 3. The van der Waals surface area contributed by atoms with Crippen LogP contribution in [0.25, 0.3) is 0 Å². The van der Waals surface area contributed by atoms with E-state index in [1.54, 1.807) is 12.1 Å². The highest BCUT2D eigenvalue weighted by Crippen LogP contribution is 2.31. The maximum Gasteiger partial charge on any atom is 0.120 e. The molecule has 2 rings (SSSR count). The van der Waals surface area contributed by atoms with Crippen LogP contribution in [0.4, 0.5) is 0 Å². The summed E-state index contributed by atoms with van der Waals surface area (Å²) in [7, 11) is 0. The lowest BCUT2D eigenvalue weighted by Crippen LogP contribution is -2.39. The summed E-state index contributed by atoms with van der Waals surface area (Å²) >= 11 is 6.01. The zero-order chi connectivity index (χ0) is 13.8. The molecular formula is C15H23ClN2O. The van der Waals surface area contributed by atoms with Crippen LogP contribution < -0.4 is 5.73 Å². The molecule has 0 heterocycles. The van der Waals surface area contributed by atoms with Gasteiger partial charge in [0, 0.05) is 23.2 Å². The number of benzene rings is 1. The molecule has 1 fully saturated rings. The fourth-order valence-electron chi connectivity index (χ4n) is 3.14. The van der Waals surface area contributed by atoms with Gasteiger partial charge < -0.3 is 10.8 Å². The Balaban J connectivity index is 2.12. The van der Waals surface area contributed by atoms with E-state index >= 15 is 0 Å². The van der Waals surface area contributed by atoms with E-state index in [-0.39, 0.29) is 0 Å². The number of halogens is 1. The number of rotatable bonds is 5. The molecule has 1 aromatic carbocycles. The third-order valence-electron chi connectivity index (χ3n) is 4.21. The Labute approximate surface area is 120 Å². The Morgan fingerprint density at radius 2 is 2.21 bits per heavy atom. The molecule has 2 atom stereocenters. The van der Waals surface area contributed by atoms with E-state index in [4.69, 9.17) is 17.3 Å². The lowest BCUT2D eigenvalue weighted by Gasteiger charge is -2.32. The molecule has 1 aromatic rings. The van der Waals surface area contributed by atoms with E-state index in [0.29, 0.717) is 22.7 Å². The molecule has 2 unspecified atom stereocenters. The van der Waals surface area contributed by atoms with Crippen LogP contribution in [-0.4, -0.2) is 29.1 Å². The van der Waals surface area contributed by atoms with Crippen molar-refractivity contribution in [3.63, 3.8) is 0 Å². The van der Waals surface area contributed by atoms with Gasteiger partial charge in [-0.3, -0.25) is 4.90 Å². The van der Waals surface area contributed by atoms with Crippen molar-refractivity contribution in [3.8, 4) is 5.75 Å².